The molecule has 0 amide bonds. The van der Waals surface area contributed by atoms with E-state index in [4.69, 9.17) is 11.6 Å². The minimum atomic E-state index is -0.346. The van der Waals surface area contributed by atoms with Crippen molar-refractivity contribution in [1.82, 2.24) is 9.97 Å². The Morgan fingerprint density at radius 3 is 2.68 bits per heavy atom. The van der Waals surface area contributed by atoms with E-state index in [1.807, 2.05) is 31.2 Å². The molecule has 0 N–H and O–H groups in total. The molecule has 0 aliphatic rings. The van der Waals surface area contributed by atoms with E-state index in [1.54, 1.807) is 6.07 Å². The van der Waals surface area contributed by atoms with Crippen molar-refractivity contribution >= 4 is 22.5 Å². The first-order valence-electron chi connectivity index (χ1n) is 5.83. The van der Waals surface area contributed by atoms with E-state index in [1.165, 1.54) is 12.1 Å². The molecule has 0 aliphatic heterocycles. The van der Waals surface area contributed by atoms with E-state index in [2.05, 4.69) is 9.97 Å². The zero-order valence-corrected chi connectivity index (χ0v) is 10.9. The number of nitrogens with zero attached hydrogens (tertiary/aromatic N) is 2. The Labute approximate surface area is 114 Å². The van der Waals surface area contributed by atoms with Gasteiger partial charge in [0, 0.05) is 10.9 Å². The molecule has 0 bridgehead atoms. The largest absolute Gasteiger partial charge is 0.228 e. The van der Waals surface area contributed by atoms with Crippen molar-refractivity contribution in [2.75, 3.05) is 0 Å². The first-order chi connectivity index (χ1) is 9.13. The highest BCUT2D eigenvalue weighted by Gasteiger charge is 2.08. The fraction of sp³-hybridized carbons (Fsp3) is 0.0667. The van der Waals surface area contributed by atoms with Crippen molar-refractivity contribution in [2.24, 2.45) is 0 Å². The van der Waals surface area contributed by atoms with Gasteiger partial charge >= 0.3 is 0 Å². The maximum Gasteiger partial charge on any atom is 0.161 e. The first kappa shape index (κ1) is 12.1. The number of benzene rings is 2. The van der Waals surface area contributed by atoms with E-state index >= 15 is 0 Å². The van der Waals surface area contributed by atoms with Gasteiger partial charge in [-0.1, -0.05) is 35.4 Å². The van der Waals surface area contributed by atoms with Crippen LogP contribution in [0.15, 0.2) is 42.5 Å². The van der Waals surface area contributed by atoms with Gasteiger partial charge in [0.25, 0.3) is 0 Å². The van der Waals surface area contributed by atoms with Crippen molar-refractivity contribution in [3.63, 3.8) is 0 Å². The van der Waals surface area contributed by atoms with Crippen molar-refractivity contribution < 1.29 is 4.39 Å². The zero-order chi connectivity index (χ0) is 13.4. The van der Waals surface area contributed by atoms with E-state index in [-0.39, 0.29) is 11.0 Å². The number of fused-ring (bicyclic) bond motifs is 1. The molecule has 0 saturated heterocycles. The van der Waals surface area contributed by atoms with E-state index in [9.17, 15) is 4.39 Å². The van der Waals surface area contributed by atoms with Crippen LogP contribution in [0.4, 0.5) is 4.39 Å². The maximum absolute atomic E-state index is 13.2. The number of hydrogen-bond acceptors (Lipinski definition) is 2. The molecule has 3 aromatic rings. The summed E-state index contributed by atoms with van der Waals surface area (Å²) in [6, 6.07) is 12.2. The van der Waals surface area contributed by atoms with Gasteiger partial charge in [0.15, 0.2) is 5.82 Å². The minimum Gasteiger partial charge on any atom is -0.228 e. The molecule has 94 valence electrons. The van der Waals surface area contributed by atoms with Crippen LogP contribution < -0.4 is 0 Å². The molecule has 2 nitrogen and oxygen atoms in total. The van der Waals surface area contributed by atoms with Gasteiger partial charge in [0.2, 0.25) is 0 Å². The van der Waals surface area contributed by atoms with E-state index in [0.717, 1.165) is 11.1 Å². The Hall–Kier alpha value is -2.00. The molecule has 0 radical (unpaired) electrons. The molecule has 4 heteroatoms. The van der Waals surface area contributed by atoms with Crippen LogP contribution in [0, 0.1) is 12.7 Å². The predicted octanol–water partition coefficient (Wildman–Crippen LogP) is 4.40. The molecule has 2 aromatic carbocycles. The lowest BCUT2D eigenvalue weighted by Gasteiger charge is -2.05. The van der Waals surface area contributed by atoms with Gasteiger partial charge in [0.1, 0.15) is 11.0 Å². The quantitative estimate of drug-likeness (QED) is 0.614. The third kappa shape index (κ3) is 2.29. The van der Waals surface area contributed by atoms with Crippen LogP contribution in [0.5, 0.6) is 0 Å². The Kier molecular flexibility index (Phi) is 2.91. The third-order valence-electron chi connectivity index (χ3n) is 2.89. The molecular formula is C15H10ClFN2. The lowest BCUT2D eigenvalue weighted by molar-refractivity contribution is 0.629. The second kappa shape index (κ2) is 4.59. The van der Waals surface area contributed by atoms with Gasteiger partial charge in [-0.05, 0) is 31.2 Å². The highest BCUT2D eigenvalue weighted by atomic mass is 35.5. The predicted molar refractivity (Wildman–Crippen MR) is 74.7 cm³/mol. The normalized spacial score (nSPS) is 10.9. The monoisotopic (exact) mass is 272 g/mol. The van der Waals surface area contributed by atoms with Gasteiger partial charge in [-0.3, -0.25) is 0 Å². The molecule has 0 aliphatic carbocycles. The highest BCUT2D eigenvalue weighted by Crippen LogP contribution is 2.25. The molecule has 0 saturated carbocycles. The summed E-state index contributed by atoms with van der Waals surface area (Å²) >= 11 is 6.11. The number of aromatic nitrogens is 2. The van der Waals surface area contributed by atoms with Crippen molar-refractivity contribution in [3.8, 4) is 11.4 Å². The highest BCUT2D eigenvalue weighted by molar-refractivity contribution is 6.34. The second-order valence-electron chi connectivity index (χ2n) is 4.37. The van der Waals surface area contributed by atoms with Crippen molar-refractivity contribution in [1.29, 1.82) is 0 Å². The number of rotatable bonds is 1. The standard InChI is InChI=1S/C15H10ClFN2/c1-9-3-2-4-10(7-9)15-18-13-6-5-11(17)8-12(13)14(16)19-15/h2-8H,1H3. The van der Waals surface area contributed by atoms with Crippen LogP contribution >= 0.6 is 11.6 Å². The number of halogens is 2. The lowest BCUT2D eigenvalue weighted by atomic mass is 10.1. The molecule has 3 rings (SSSR count). The summed E-state index contributed by atoms with van der Waals surface area (Å²) in [6.45, 7) is 2.00. The van der Waals surface area contributed by atoms with Gasteiger partial charge in [-0.25, -0.2) is 14.4 Å². The fourth-order valence-electron chi connectivity index (χ4n) is 1.98. The molecule has 0 spiro atoms. The number of hydrogen-bond donors (Lipinski definition) is 0. The van der Waals surface area contributed by atoms with E-state index in [0.29, 0.717) is 16.7 Å². The lowest BCUT2D eigenvalue weighted by Crippen LogP contribution is -1.92. The molecule has 0 fully saturated rings. The number of aryl methyl sites for hydroxylation is 1. The summed E-state index contributed by atoms with van der Waals surface area (Å²) < 4.78 is 13.2. The average molecular weight is 273 g/mol. The Bertz CT molecular complexity index is 771. The molecular weight excluding hydrogens is 263 g/mol. The summed E-state index contributed by atoms with van der Waals surface area (Å²) in [6.07, 6.45) is 0. The van der Waals surface area contributed by atoms with Crippen LogP contribution in [0.3, 0.4) is 0 Å². The van der Waals surface area contributed by atoms with Gasteiger partial charge in [-0.2, -0.15) is 0 Å². The fourth-order valence-corrected chi connectivity index (χ4v) is 2.21. The Morgan fingerprint density at radius 1 is 1.05 bits per heavy atom. The molecule has 1 aromatic heterocycles. The van der Waals surface area contributed by atoms with Crippen LogP contribution in [0.1, 0.15) is 5.56 Å². The van der Waals surface area contributed by atoms with Crippen molar-refractivity contribution in [3.05, 3.63) is 59.0 Å². The molecule has 0 unspecified atom stereocenters. The van der Waals surface area contributed by atoms with Crippen LogP contribution in [-0.4, -0.2) is 9.97 Å². The van der Waals surface area contributed by atoms with E-state index < -0.39 is 0 Å². The summed E-state index contributed by atoms with van der Waals surface area (Å²) in [5.74, 6) is 0.203. The molecule has 1 heterocycles. The SMILES string of the molecule is Cc1cccc(-c2nc(Cl)c3cc(F)ccc3n2)c1. The Balaban J connectivity index is 2.24. The van der Waals surface area contributed by atoms with Crippen LogP contribution in [-0.2, 0) is 0 Å². The average Bonchev–Trinajstić information content (AvgIpc) is 2.39. The molecule has 0 atom stereocenters. The second-order valence-corrected chi connectivity index (χ2v) is 4.73. The van der Waals surface area contributed by atoms with Crippen LogP contribution in [0.25, 0.3) is 22.3 Å². The molecule has 19 heavy (non-hydrogen) atoms. The van der Waals surface area contributed by atoms with Gasteiger partial charge < -0.3 is 0 Å². The topological polar surface area (TPSA) is 25.8 Å². The minimum absolute atomic E-state index is 0.265. The van der Waals surface area contributed by atoms with Crippen LogP contribution in [0.2, 0.25) is 5.15 Å². The first-order valence-corrected chi connectivity index (χ1v) is 6.21. The zero-order valence-electron chi connectivity index (χ0n) is 10.2. The van der Waals surface area contributed by atoms with Gasteiger partial charge in [0.05, 0.1) is 5.52 Å². The Morgan fingerprint density at radius 2 is 1.89 bits per heavy atom. The third-order valence-corrected chi connectivity index (χ3v) is 3.18. The van der Waals surface area contributed by atoms with Crippen molar-refractivity contribution in [2.45, 2.75) is 6.92 Å². The summed E-state index contributed by atoms with van der Waals surface area (Å²) in [5, 5.41) is 0.791. The summed E-state index contributed by atoms with van der Waals surface area (Å²) in [7, 11) is 0. The maximum atomic E-state index is 13.2. The van der Waals surface area contributed by atoms with Gasteiger partial charge in [-0.15, -0.1) is 0 Å². The smallest absolute Gasteiger partial charge is 0.161 e. The summed E-state index contributed by atoms with van der Waals surface area (Å²) in [5.41, 5.74) is 2.66. The summed E-state index contributed by atoms with van der Waals surface area (Å²) in [4.78, 5) is 8.67.